The van der Waals surface area contributed by atoms with Gasteiger partial charge < -0.3 is 24.8 Å². The Morgan fingerprint density at radius 3 is 2.43 bits per heavy atom. The van der Waals surface area contributed by atoms with Crippen LogP contribution in [0.25, 0.3) is 0 Å². The molecular formula is C54H72N8O5S. The van der Waals surface area contributed by atoms with Gasteiger partial charge in [0.15, 0.2) is 11.9 Å². The summed E-state index contributed by atoms with van der Waals surface area (Å²) < 4.78 is 42.1. The molecule has 3 aromatic carbocycles. The van der Waals surface area contributed by atoms with Crippen LogP contribution in [0.2, 0.25) is 0 Å². The minimum absolute atomic E-state index is 0.00274. The Morgan fingerprint density at radius 2 is 1.63 bits per heavy atom. The molecule has 0 saturated carbocycles. The predicted octanol–water partition coefficient (Wildman–Crippen LogP) is 8.33. The van der Waals surface area contributed by atoms with Crippen molar-refractivity contribution in [1.82, 2.24) is 20.9 Å². The lowest BCUT2D eigenvalue weighted by Gasteiger charge is -2.27. The van der Waals surface area contributed by atoms with Crippen molar-refractivity contribution >= 4 is 39.1 Å². The van der Waals surface area contributed by atoms with Gasteiger partial charge >= 0.3 is 0 Å². The third-order valence-corrected chi connectivity index (χ3v) is 13.9. The minimum atomic E-state index is -4.24. The third-order valence-electron chi connectivity index (χ3n) is 13.1. The van der Waals surface area contributed by atoms with Crippen molar-refractivity contribution in [2.45, 2.75) is 109 Å². The largest absolute Gasteiger partial charge is 0.748 e. The molecule has 0 aromatic heterocycles. The molecule has 0 bridgehead atoms. The van der Waals surface area contributed by atoms with Gasteiger partial charge in [-0.1, -0.05) is 87.0 Å². The summed E-state index contributed by atoms with van der Waals surface area (Å²) in [5, 5.41) is 18.0. The van der Waals surface area contributed by atoms with E-state index in [1.54, 1.807) is 0 Å². The lowest BCUT2D eigenvalue weighted by molar-refractivity contribution is -0.438. The van der Waals surface area contributed by atoms with Gasteiger partial charge in [-0.3, -0.25) is 20.0 Å². The molecule has 0 aliphatic carbocycles. The number of carbonyl (C=O) groups excluding carboxylic acids is 1. The molecule has 6 rings (SSSR count). The van der Waals surface area contributed by atoms with E-state index in [2.05, 4.69) is 142 Å². The second-order valence-electron chi connectivity index (χ2n) is 19.0. The summed E-state index contributed by atoms with van der Waals surface area (Å²) in [5.74, 6) is 0.897. The van der Waals surface area contributed by atoms with Gasteiger partial charge in [0.25, 0.3) is 0 Å². The number of para-hydroxylation sites is 2. The van der Waals surface area contributed by atoms with Crippen molar-refractivity contribution < 1.29 is 27.1 Å². The molecule has 3 aromatic rings. The molecule has 68 heavy (non-hydrogen) atoms. The highest BCUT2D eigenvalue weighted by Crippen LogP contribution is 2.47. The van der Waals surface area contributed by atoms with Gasteiger partial charge in [0.1, 0.15) is 12.3 Å². The highest BCUT2D eigenvalue weighted by Gasteiger charge is 2.44. The van der Waals surface area contributed by atoms with E-state index in [1.165, 1.54) is 47.4 Å². The molecule has 3 N–H and O–H groups in total. The van der Waals surface area contributed by atoms with Crippen LogP contribution in [-0.2, 0) is 32.3 Å². The van der Waals surface area contributed by atoms with Gasteiger partial charge in [0.05, 0.1) is 22.1 Å². The van der Waals surface area contributed by atoms with Crippen LogP contribution in [0.4, 0.5) is 11.4 Å². The first-order valence-corrected chi connectivity index (χ1v) is 26.1. The highest BCUT2D eigenvalue weighted by atomic mass is 32.2. The number of rotatable bonds is 24. The molecule has 0 unspecified atom stereocenters. The zero-order valence-corrected chi connectivity index (χ0v) is 41.5. The summed E-state index contributed by atoms with van der Waals surface area (Å²) in [6.45, 7) is 15.5. The molecule has 14 heteroatoms. The fourth-order valence-electron chi connectivity index (χ4n) is 9.62. The van der Waals surface area contributed by atoms with Gasteiger partial charge in [-0.05, 0) is 101 Å². The molecule has 1 saturated heterocycles. The Bertz CT molecular complexity index is 2480. The van der Waals surface area contributed by atoms with Gasteiger partial charge in [-0.25, -0.2) is 8.42 Å². The first-order valence-electron chi connectivity index (χ1n) is 24.5. The van der Waals surface area contributed by atoms with E-state index >= 15 is 0 Å². The Balaban J connectivity index is 0.938. The molecule has 3 aliphatic heterocycles. The number of ether oxygens (including phenoxy) is 1. The normalized spacial score (nSPS) is 17.4. The van der Waals surface area contributed by atoms with E-state index in [4.69, 9.17) is 4.74 Å². The van der Waals surface area contributed by atoms with Crippen molar-refractivity contribution in [2.24, 2.45) is 4.99 Å². The van der Waals surface area contributed by atoms with Crippen molar-refractivity contribution in [3.8, 4) is 11.9 Å². The number of amides is 1. The van der Waals surface area contributed by atoms with Crippen LogP contribution in [0.15, 0.2) is 114 Å². The quantitative estimate of drug-likeness (QED) is 0.0116. The minimum Gasteiger partial charge on any atom is -0.748 e. The SMILES string of the molecule is CC1(C)C(/C=C/C=C/C=C2/N(CCCCS(=O)(=O)[O-])c3ccccc3C2(C)C)=[N+](CCCCCC(=O)NCCNC(=NCCCOc2cccc(CN3CCCCC3)c2)NC#N)c2ccccc21. The lowest BCUT2D eigenvalue weighted by atomic mass is 9.81. The number of likely N-dealkylation sites (tertiary alicyclic amines) is 1. The number of allylic oxidation sites excluding steroid dienone is 6. The molecule has 3 heterocycles. The van der Waals surface area contributed by atoms with Crippen LogP contribution < -0.4 is 25.6 Å². The van der Waals surface area contributed by atoms with E-state index in [-0.39, 0.29) is 22.5 Å². The number of nitrogens with one attached hydrogen (secondary N) is 3. The number of hydrogen-bond acceptors (Lipinski definition) is 9. The zero-order chi connectivity index (χ0) is 48.4. The summed E-state index contributed by atoms with van der Waals surface area (Å²) in [5.41, 5.74) is 8.00. The smallest absolute Gasteiger partial charge is 0.220 e. The number of hydrogen-bond donors (Lipinski definition) is 3. The van der Waals surface area contributed by atoms with Gasteiger partial charge in [-0.15, -0.1) is 0 Å². The number of benzene rings is 3. The number of piperidine rings is 1. The summed E-state index contributed by atoms with van der Waals surface area (Å²) in [4.78, 5) is 22.0. The fourth-order valence-corrected chi connectivity index (χ4v) is 10.2. The van der Waals surface area contributed by atoms with E-state index in [0.717, 1.165) is 62.6 Å². The summed E-state index contributed by atoms with van der Waals surface area (Å²) in [7, 11) is -4.24. The number of fused-ring (bicyclic) bond motifs is 2. The van der Waals surface area contributed by atoms with Crippen molar-refractivity contribution in [3.63, 3.8) is 0 Å². The van der Waals surface area contributed by atoms with Crippen molar-refractivity contribution in [3.05, 3.63) is 126 Å². The van der Waals surface area contributed by atoms with Gasteiger partial charge in [-0.2, -0.15) is 9.84 Å². The molecule has 1 fully saturated rings. The first-order chi connectivity index (χ1) is 32.8. The maximum absolute atomic E-state index is 12.8. The lowest BCUT2D eigenvalue weighted by Crippen LogP contribution is -2.40. The van der Waals surface area contributed by atoms with Crippen LogP contribution in [0.1, 0.15) is 109 Å². The van der Waals surface area contributed by atoms with Crippen LogP contribution in [0, 0.1) is 11.5 Å². The average molecular weight is 945 g/mol. The zero-order valence-electron chi connectivity index (χ0n) is 40.6. The Morgan fingerprint density at radius 1 is 0.868 bits per heavy atom. The molecule has 364 valence electrons. The fraction of sp³-hybridized carbons (Fsp3) is 0.481. The maximum atomic E-state index is 12.8. The number of nitriles is 1. The summed E-state index contributed by atoms with van der Waals surface area (Å²) in [6, 6.07) is 25.2. The monoisotopic (exact) mass is 945 g/mol. The number of aliphatic imine (C=N–C) groups is 1. The average Bonchev–Trinajstić information content (AvgIpc) is 3.66. The summed E-state index contributed by atoms with van der Waals surface area (Å²) >= 11 is 0. The number of nitrogens with zero attached hydrogens (tertiary/aromatic N) is 5. The molecule has 0 spiro atoms. The van der Waals surface area contributed by atoms with Crippen molar-refractivity contribution in [1.29, 1.82) is 5.26 Å². The molecule has 0 atom stereocenters. The van der Waals surface area contributed by atoms with Gasteiger partial charge in [0.2, 0.25) is 17.6 Å². The number of guanidine groups is 1. The van der Waals surface area contributed by atoms with Crippen LogP contribution in [0.3, 0.4) is 0 Å². The van der Waals surface area contributed by atoms with Crippen LogP contribution >= 0.6 is 0 Å². The van der Waals surface area contributed by atoms with Crippen molar-refractivity contribution in [2.75, 3.05) is 63.1 Å². The number of anilines is 1. The van der Waals surface area contributed by atoms with E-state index in [0.29, 0.717) is 64.4 Å². The Labute approximate surface area is 405 Å². The first kappa shape index (κ1) is 51.6. The topological polar surface area (TPSA) is 165 Å². The van der Waals surface area contributed by atoms with E-state index < -0.39 is 10.1 Å². The molecular weight excluding hydrogens is 873 g/mol. The second-order valence-corrected chi connectivity index (χ2v) is 20.5. The Kier molecular flexibility index (Phi) is 19.0. The van der Waals surface area contributed by atoms with E-state index in [1.807, 2.05) is 30.5 Å². The maximum Gasteiger partial charge on any atom is 0.220 e. The van der Waals surface area contributed by atoms with Crippen LogP contribution in [0.5, 0.6) is 5.75 Å². The highest BCUT2D eigenvalue weighted by molar-refractivity contribution is 7.85. The predicted molar refractivity (Wildman–Crippen MR) is 272 cm³/mol. The molecule has 1 amide bonds. The second kappa shape index (κ2) is 25.0. The number of carbonyl (C=O) groups is 1. The molecule has 3 aliphatic rings. The van der Waals surface area contributed by atoms with Crippen LogP contribution in [-0.4, -0.2) is 98.2 Å². The van der Waals surface area contributed by atoms with Gasteiger partial charge in [0, 0.05) is 92.2 Å². The Hall–Kier alpha value is -5.75. The third kappa shape index (κ3) is 14.6. The standard InChI is InChI=1S/C54H72N8O5S/c1-53(2)45-24-11-13-26-47(45)61(49(53)28-8-5-9-29-50-54(3,4)46-25-12-14-27-48(46)62(50)37-18-19-39-68(64,65)66)36-17-6-10-30-51(63)56-32-33-58-52(59-42-55)57-31-21-38-67-44-23-20-22-43(40-44)41-60-34-15-7-16-35-60/h5,8-9,11-14,20,22-29,40H,6-7,10,15-19,21,30-39,41H2,1-4H3,(H3-,56,57,58,59,63,64,65,66). The number of unbranched alkanes of at least 4 members (excludes halogenated alkanes) is 3. The molecule has 0 radical (unpaired) electrons. The summed E-state index contributed by atoms with van der Waals surface area (Å²) in [6.07, 6.45) is 21.1. The molecule has 13 nitrogen and oxygen atoms in total. The van der Waals surface area contributed by atoms with E-state index in [9.17, 15) is 23.0 Å².